The number of nitrogens with one attached hydrogen (secondary N) is 1. The van der Waals surface area contributed by atoms with Crippen LogP contribution in [0.15, 0.2) is 36.4 Å². The smallest absolute Gasteiger partial charge is 0.416 e. The Morgan fingerprint density at radius 2 is 1.85 bits per heavy atom. The van der Waals surface area contributed by atoms with E-state index in [1.54, 1.807) is 6.07 Å². The number of ether oxygens (including phenoxy) is 1. The Morgan fingerprint density at radius 1 is 1.10 bits per heavy atom. The highest BCUT2D eigenvalue weighted by atomic mass is 19.4. The minimum atomic E-state index is -4.69. The Kier molecular flexibility index (Phi) is 8.13. The number of amides is 1. The molecule has 3 fully saturated rings. The summed E-state index contributed by atoms with van der Waals surface area (Å²) in [6.07, 6.45) is -1.09. The van der Waals surface area contributed by atoms with E-state index in [4.69, 9.17) is 4.74 Å². The normalized spacial score (nSPS) is 27.4. The molecule has 1 saturated carbocycles. The van der Waals surface area contributed by atoms with Gasteiger partial charge in [-0.3, -0.25) is 9.69 Å². The molecule has 0 unspecified atom stereocenters. The van der Waals surface area contributed by atoms with Gasteiger partial charge >= 0.3 is 12.1 Å². The summed E-state index contributed by atoms with van der Waals surface area (Å²) >= 11 is 0. The van der Waals surface area contributed by atoms with Crippen molar-refractivity contribution in [3.05, 3.63) is 70.3 Å². The molecule has 4 atom stereocenters. The first-order chi connectivity index (χ1) is 19.4. The number of piperidine rings is 1. The molecule has 6 nitrogen and oxygen atoms in total. The van der Waals surface area contributed by atoms with Crippen molar-refractivity contribution >= 4 is 11.9 Å². The highest BCUT2D eigenvalue weighted by Crippen LogP contribution is 2.47. The third-order valence-electron chi connectivity index (χ3n) is 8.84. The Labute approximate surface area is 234 Å². The van der Waals surface area contributed by atoms with Crippen molar-refractivity contribution in [2.24, 2.45) is 11.8 Å². The third kappa shape index (κ3) is 6.25. The van der Waals surface area contributed by atoms with Gasteiger partial charge < -0.3 is 15.2 Å². The average molecular weight is 581 g/mol. The van der Waals surface area contributed by atoms with Crippen LogP contribution in [0.4, 0.5) is 22.0 Å². The lowest BCUT2D eigenvalue weighted by atomic mass is 9.79. The molecule has 5 rings (SSSR count). The maximum atomic E-state index is 13.9. The minimum Gasteiger partial charge on any atom is -0.478 e. The van der Waals surface area contributed by atoms with E-state index >= 15 is 0 Å². The summed E-state index contributed by atoms with van der Waals surface area (Å²) in [5, 5.41) is 12.0. The molecule has 0 radical (unpaired) electrons. The number of rotatable bonds is 7. The van der Waals surface area contributed by atoms with Gasteiger partial charge in [-0.1, -0.05) is 13.0 Å². The van der Waals surface area contributed by atoms with Crippen LogP contribution in [0.25, 0.3) is 0 Å². The maximum Gasteiger partial charge on any atom is 0.416 e. The first-order valence-electron chi connectivity index (χ1n) is 13.9. The van der Waals surface area contributed by atoms with Gasteiger partial charge in [-0.05, 0) is 97.9 Å². The number of carbonyl (C=O) groups excluding carboxylic acids is 1. The van der Waals surface area contributed by atoms with Gasteiger partial charge in [0.15, 0.2) is 0 Å². The van der Waals surface area contributed by atoms with Crippen molar-refractivity contribution < 1.29 is 41.4 Å². The molecule has 2 heterocycles. The lowest BCUT2D eigenvalue weighted by Crippen LogP contribution is -2.57. The largest absolute Gasteiger partial charge is 0.478 e. The number of alkyl halides is 3. The fourth-order valence-electron chi connectivity index (χ4n) is 6.50. The summed E-state index contributed by atoms with van der Waals surface area (Å²) in [5.74, 6) is -3.14. The van der Waals surface area contributed by atoms with Crippen molar-refractivity contribution in [3.8, 4) is 0 Å². The Hall–Kier alpha value is -3.05. The zero-order valence-corrected chi connectivity index (χ0v) is 22.6. The quantitative estimate of drug-likeness (QED) is 0.408. The van der Waals surface area contributed by atoms with Crippen molar-refractivity contribution in [1.29, 1.82) is 0 Å². The van der Waals surface area contributed by atoms with E-state index in [0.29, 0.717) is 25.5 Å². The molecule has 2 saturated heterocycles. The summed E-state index contributed by atoms with van der Waals surface area (Å²) in [6.45, 7) is 3.66. The molecular formula is C30H33F5N2O4. The monoisotopic (exact) mass is 580 g/mol. The van der Waals surface area contributed by atoms with E-state index in [1.165, 1.54) is 12.1 Å². The summed E-state index contributed by atoms with van der Waals surface area (Å²) < 4.78 is 73.2. The molecular weight excluding hydrogens is 547 g/mol. The zero-order chi connectivity index (χ0) is 29.5. The molecule has 2 aromatic rings. The second-order valence-electron chi connectivity index (χ2n) is 11.6. The first kappa shape index (κ1) is 29.4. The van der Waals surface area contributed by atoms with Gasteiger partial charge in [0.25, 0.3) is 5.91 Å². The topological polar surface area (TPSA) is 78.9 Å². The predicted octanol–water partition coefficient (Wildman–Crippen LogP) is 5.75. The van der Waals surface area contributed by atoms with Crippen molar-refractivity contribution in [1.82, 2.24) is 10.2 Å². The Bertz CT molecular complexity index is 1300. The second-order valence-corrected chi connectivity index (χ2v) is 11.6. The molecule has 0 spiro atoms. The van der Waals surface area contributed by atoms with Crippen LogP contribution >= 0.6 is 0 Å². The molecule has 3 aliphatic rings. The molecule has 2 aliphatic heterocycles. The summed E-state index contributed by atoms with van der Waals surface area (Å²) in [6, 6.07) is 6.61. The van der Waals surface area contributed by atoms with E-state index < -0.39 is 34.9 Å². The van der Waals surface area contributed by atoms with E-state index in [0.717, 1.165) is 50.0 Å². The Balaban J connectivity index is 1.19. The summed E-state index contributed by atoms with van der Waals surface area (Å²) in [7, 11) is 0. The molecule has 2 N–H and O–H groups in total. The molecule has 1 aliphatic carbocycles. The molecule has 0 bridgehead atoms. The number of aromatic carboxylic acids is 1. The number of likely N-dealkylation sites (tertiary alicyclic amines) is 1. The van der Waals surface area contributed by atoms with Crippen molar-refractivity contribution in [2.45, 2.75) is 69.3 Å². The van der Waals surface area contributed by atoms with Crippen LogP contribution in [-0.4, -0.2) is 53.2 Å². The van der Waals surface area contributed by atoms with Gasteiger partial charge in [0.1, 0.15) is 17.2 Å². The standard InChI is InChI=1S/C30H33F5N2O4/c1-17-15-37(9-7-24(17)19-2-5-26(32)25(12-19)27(38)39)23-6-8-29(41-16-23,20-3-4-20)28(40)36-14-18-10-21(30(33,34)35)13-22(31)11-18/h2,5,10-13,17,20,23-24H,3-4,6-9,14-16H2,1H3,(H,36,40)(H,38,39)/t17-,23-,24-,29+/m1/s1. The van der Waals surface area contributed by atoms with E-state index in [9.17, 15) is 36.6 Å². The minimum absolute atomic E-state index is 0.0267. The van der Waals surface area contributed by atoms with E-state index in [2.05, 4.69) is 17.1 Å². The number of hydrogen-bond donors (Lipinski definition) is 2. The lowest BCUT2D eigenvalue weighted by molar-refractivity contribution is -0.166. The highest BCUT2D eigenvalue weighted by Gasteiger charge is 2.54. The third-order valence-corrected chi connectivity index (χ3v) is 8.84. The van der Waals surface area contributed by atoms with Crippen LogP contribution in [0.1, 0.15) is 72.0 Å². The molecule has 2 aromatic carbocycles. The SMILES string of the molecule is C[C@@H]1CN([C@@H]2CC[C@@](C(=O)NCc3cc(F)cc(C(F)(F)F)c3)(C3CC3)OC2)CC[C@H]1c1ccc(F)c(C(=O)O)c1. The fourth-order valence-corrected chi connectivity index (χ4v) is 6.50. The Morgan fingerprint density at radius 3 is 2.46 bits per heavy atom. The average Bonchev–Trinajstić information content (AvgIpc) is 3.77. The first-order valence-corrected chi connectivity index (χ1v) is 13.9. The second kappa shape index (κ2) is 11.3. The van der Waals surface area contributed by atoms with Crippen LogP contribution in [0, 0.1) is 23.5 Å². The molecule has 41 heavy (non-hydrogen) atoms. The number of nitrogens with zero attached hydrogens (tertiary/aromatic N) is 1. The number of benzene rings is 2. The van der Waals surface area contributed by atoms with E-state index in [1.807, 2.05) is 0 Å². The van der Waals surface area contributed by atoms with Gasteiger partial charge in [0.2, 0.25) is 0 Å². The zero-order valence-electron chi connectivity index (χ0n) is 22.6. The fraction of sp³-hybridized carbons (Fsp3) is 0.533. The van der Waals surface area contributed by atoms with Gasteiger partial charge in [-0.2, -0.15) is 13.2 Å². The van der Waals surface area contributed by atoms with Gasteiger partial charge in [-0.15, -0.1) is 0 Å². The van der Waals surface area contributed by atoms with Crippen LogP contribution < -0.4 is 5.32 Å². The van der Waals surface area contributed by atoms with Gasteiger partial charge in [0.05, 0.1) is 17.7 Å². The number of halogens is 5. The van der Waals surface area contributed by atoms with Gasteiger partial charge in [-0.25, -0.2) is 13.6 Å². The highest BCUT2D eigenvalue weighted by molar-refractivity contribution is 5.88. The summed E-state index contributed by atoms with van der Waals surface area (Å²) in [5.41, 5.74) is -1.65. The molecule has 11 heteroatoms. The molecule has 1 amide bonds. The van der Waals surface area contributed by atoms with Crippen LogP contribution in [0.3, 0.4) is 0 Å². The number of carboxylic acids is 1. The lowest BCUT2D eigenvalue weighted by Gasteiger charge is -2.46. The molecule has 0 aromatic heterocycles. The van der Waals surface area contributed by atoms with Crippen LogP contribution in [0.5, 0.6) is 0 Å². The summed E-state index contributed by atoms with van der Waals surface area (Å²) in [4.78, 5) is 27.0. The number of carboxylic acid groups (broad SMARTS) is 1. The molecule has 222 valence electrons. The number of carbonyl (C=O) groups is 2. The van der Waals surface area contributed by atoms with Gasteiger partial charge in [0, 0.05) is 19.1 Å². The van der Waals surface area contributed by atoms with Crippen molar-refractivity contribution in [3.63, 3.8) is 0 Å². The number of hydrogen-bond acceptors (Lipinski definition) is 4. The van der Waals surface area contributed by atoms with Crippen LogP contribution in [0.2, 0.25) is 0 Å². The van der Waals surface area contributed by atoms with E-state index in [-0.39, 0.29) is 47.4 Å². The van der Waals surface area contributed by atoms with Crippen LogP contribution in [-0.2, 0) is 22.3 Å². The maximum absolute atomic E-state index is 13.9. The van der Waals surface area contributed by atoms with Crippen molar-refractivity contribution in [2.75, 3.05) is 19.7 Å². The predicted molar refractivity (Wildman–Crippen MR) is 139 cm³/mol.